The molecule has 2 amide bonds. The van der Waals surface area contributed by atoms with Crippen LogP contribution in [-0.2, 0) is 0 Å². The Balaban J connectivity index is 2.40. The molecule has 0 radical (unpaired) electrons. The highest BCUT2D eigenvalue weighted by Crippen LogP contribution is 2.34. The Morgan fingerprint density at radius 3 is 2.31 bits per heavy atom. The molecule has 0 bridgehead atoms. The second-order valence-electron chi connectivity index (χ2n) is 3.48. The molecule has 1 aliphatic rings. The summed E-state index contributed by atoms with van der Waals surface area (Å²) in [5.41, 5.74) is 0.867. The minimum atomic E-state index is -0.169. The van der Waals surface area contributed by atoms with Crippen LogP contribution in [0.1, 0.15) is 11.6 Å². The first-order chi connectivity index (χ1) is 7.76. The van der Waals surface area contributed by atoms with E-state index in [2.05, 4.69) is 10.6 Å². The van der Waals surface area contributed by atoms with Crippen LogP contribution in [0.2, 0.25) is 0 Å². The molecule has 0 spiro atoms. The van der Waals surface area contributed by atoms with Crippen LogP contribution >= 0.6 is 0 Å². The summed E-state index contributed by atoms with van der Waals surface area (Å²) in [7, 11) is 3.20. The average Bonchev–Trinajstić information content (AvgIpc) is 2.74. The van der Waals surface area contributed by atoms with Crippen LogP contribution < -0.4 is 20.1 Å². The molecule has 1 aliphatic heterocycles. The molecule has 1 aromatic carbocycles. The number of ether oxygens (including phenoxy) is 2. The summed E-state index contributed by atoms with van der Waals surface area (Å²) in [5.74, 6) is 1.43. The number of urea groups is 1. The fraction of sp³-hybridized carbons (Fsp3) is 0.364. The zero-order valence-electron chi connectivity index (χ0n) is 9.24. The lowest BCUT2D eigenvalue weighted by Gasteiger charge is -2.17. The van der Waals surface area contributed by atoms with Gasteiger partial charge in [-0.05, 0) is 12.1 Å². The van der Waals surface area contributed by atoms with Crippen molar-refractivity contribution < 1.29 is 14.3 Å². The molecule has 0 unspecified atom stereocenters. The highest BCUT2D eigenvalue weighted by Gasteiger charge is 2.27. The van der Waals surface area contributed by atoms with Crippen LogP contribution in [0.25, 0.3) is 0 Å². The zero-order chi connectivity index (χ0) is 11.5. The van der Waals surface area contributed by atoms with E-state index in [0.717, 1.165) is 5.56 Å². The third-order valence-corrected chi connectivity index (χ3v) is 2.59. The summed E-state index contributed by atoms with van der Waals surface area (Å²) in [4.78, 5) is 11.1. The molecule has 16 heavy (non-hydrogen) atoms. The van der Waals surface area contributed by atoms with Gasteiger partial charge < -0.3 is 20.1 Å². The van der Waals surface area contributed by atoms with E-state index in [1.54, 1.807) is 14.2 Å². The first-order valence-electron chi connectivity index (χ1n) is 5.01. The summed E-state index contributed by atoms with van der Waals surface area (Å²) in [5, 5.41) is 5.52. The molecule has 0 saturated carbocycles. The first-order valence-corrected chi connectivity index (χ1v) is 5.01. The maximum Gasteiger partial charge on any atom is 0.315 e. The van der Waals surface area contributed by atoms with Crippen LogP contribution in [0.4, 0.5) is 4.79 Å². The average molecular weight is 222 g/mol. The van der Waals surface area contributed by atoms with Crippen LogP contribution in [0, 0.1) is 0 Å². The molecule has 1 heterocycles. The van der Waals surface area contributed by atoms with Crippen molar-refractivity contribution in [2.45, 2.75) is 6.04 Å². The molecular weight excluding hydrogens is 208 g/mol. The highest BCUT2D eigenvalue weighted by molar-refractivity contribution is 5.77. The van der Waals surface area contributed by atoms with Gasteiger partial charge in [0.05, 0.1) is 25.8 Å². The van der Waals surface area contributed by atoms with Crippen molar-refractivity contribution in [3.8, 4) is 11.5 Å². The molecule has 1 fully saturated rings. The van der Waals surface area contributed by atoms with Crippen molar-refractivity contribution in [2.24, 2.45) is 0 Å². The summed E-state index contributed by atoms with van der Waals surface area (Å²) in [6.45, 7) is 0.537. The lowest BCUT2D eigenvalue weighted by Crippen LogP contribution is -2.22. The van der Waals surface area contributed by atoms with Crippen LogP contribution in [-0.4, -0.2) is 26.8 Å². The van der Waals surface area contributed by atoms with Gasteiger partial charge >= 0.3 is 6.03 Å². The Hall–Kier alpha value is -1.91. The smallest absolute Gasteiger partial charge is 0.315 e. The van der Waals surface area contributed by atoms with E-state index < -0.39 is 0 Å². The first kappa shape index (κ1) is 10.6. The molecule has 1 atom stereocenters. The van der Waals surface area contributed by atoms with Crippen LogP contribution in [0.5, 0.6) is 11.5 Å². The maximum absolute atomic E-state index is 11.1. The maximum atomic E-state index is 11.1. The summed E-state index contributed by atoms with van der Waals surface area (Å²) < 4.78 is 10.6. The van der Waals surface area contributed by atoms with Crippen molar-refractivity contribution in [1.29, 1.82) is 0 Å². The number of hydrogen-bond donors (Lipinski definition) is 2. The number of rotatable bonds is 3. The number of benzene rings is 1. The van der Waals surface area contributed by atoms with E-state index in [0.29, 0.717) is 18.0 Å². The Kier molecular flexibility index (Phi) is 2.85. The second-order valence-corrected chi connectivity index (χ2v) is 3.48. The van der Waals surface area contributed by atoms with Gasteiger partial charge in [-0.15, -0.1) is 0 Å². The monoisotopic (exact) mass is 222 g/mol. The quantitative estimate of drug-likeness (QED) is 0.803. The third-order valence-electron chi connectivity index (χ3n) is 2.59. The molecule has 0 aromatic heterocycles. The fourth-order valence-corrected chi connectivity index (χ4v) is 1.85. The van der Waals surface area contributed by atoms with E-state index in [9.17, 15) is 4.79 Å². The van der Waals surface area contributed by atoms with Gasteiger partial charge in [0.2, 0.25) is 0 Å². The molecule has 2 N–H and O–H groups in total. The van der Waals surface area contributed by atoms with Gasteiger partial charge in [-0.2, -0.15) is 0 Å². The third kappa shape index (κ3) is 1.76. The van der Waals surface area contributed by atoms with E-state index >= 15 is 0 Å². The molecule has 1 saturated heterocycles. The summed E-state index contributed by atoms with van der Waals surface area (Å²) >= 11 is 0. The zero-order valence-corrected chi connectivity index (χ0v) is 9.24. The SMILES string of the molecule is COc1cccc(OC)c1[C@H]1CNC(=O)N1. The fourth-order valence-electron chi connectivity index (χ4n) is 1.85. The predicted molar refractivity (Wildman–Crippen MR) is 58.8 cm³/mol. The van der Waals surface area contributed by atoms with Crippen molar-refractivity contribution >= 4 is 6.03 Å². The van der Waals surface area contributed by atoms with E-state index in [4.69, 9.17) is 9.47 Å². The highest BCUT2D eigenvalue weighted by atomic mass is 16.5. The minimum absolute atomic E-state index is 0.112. The molecule has 5 heteroatoms. The van der Waals surface area contributed by atoms with Crippen LogP contribution in [0.15, 0.2) is 18.2 Å². The number of hydrogen-bond acceptors (Lipinski definition) is 3. The van der Waals surface area contributed by atoms with E-state index in [1.165, 1.54) is 0 Å². The van der Waals surface area contributed by atoms with E-state index in [-0.39, 0.29) is 12.1 Å². The van der Waals surface area contributed by atoms with Gasteiger partial charge in [-0.3, -0.25) is 0 Å². The Labute approximate surface area is 93.7 Å². The second kappa shape index (κ2) is 4.30. The number of amides is 2. The molecule has 0 aliphatic carbocycles. The predicted octanol–water partition coefficient (Wildman–Crippen LogP) is 1.06. The van der Waals surface area contributed by atoms with Gasteiger partial charge in [0, 0.05) is 6.54 Å². The topological polar surface area (TPSA) is 59.6 Å². The number of carbonyl (C=O) groups excluding carboxylic acids is 1. The van der Waals surface area contributed by atoms with Crippen molar-refractivity contribution in [2.75, 3.05) is 20.8 Å². The van der Waals surface area contributed by atoms with Gasteiger partial charge in [0.1, 0.15) is 11.5 Å². The van der Waals surface area contributed by atoms with Crippen molar-refractivity contribution in [3.05, 3.63) is 23.8 Å². The van der Waals surface area contributed by atoms with Crippen molar-refractivity contribution in [1.82, 2.24) is 10.6 Å². The number of methoxy groups -OCH3 is 2. The molecule has 5 nitrogen and oxygen atoms in total. The van der Waals surface area contributed by atoms with Gasteiger partial charge in [0.15, 0.2) is 0 Å². The van der Waals surface area contributed by atoms with Gasteiger partial charge in [0.25, 0.3) is 0 Å². The minimum Gasteiger partial charge on any atom is -0.496 e. The Bertz CT molecular complexity index is 384. The van der Waals surface area contributed by atoms with Crippen LogP contribution in [0.3, 0.4) is 0 Å². The summed E-state index contributed by atoms with van der Waals surface area (Å²) in [6.07, 6.45) is 0. The lowest BCUT2D eigenvalue weighted by molar-refractivity contribution is 0.247. The lowest BCUT2D eigenvalue weighted by atomic mass is 10.1. The number of nitrogens with one attached hydrogen (secondary N) is 2. The molecule has 86 valence electrons. The van der Waals surface area contributed by atoms with Gasteiger partial charge in [-0.1, -0.05) is 6.07 Å². The number of carbonyl (C=O) groups is 1. The Morgan fingerprint density at radius 2 is 1.88 bits per heavy atom. The standard InChI is InChI=1S/C11H14N2O3/c1-15-8-4-3-5-9(16-2)10(8)7-6-12-11(14)13-7/h3-5,7H,6H2,1-2H3,(H2,12,13,14)/t7-/m1/s1. The molecule has 2 rings (SSSR count). The van der Waals surface area contributed by atoms with E-state index in [1.807, 2.05) is 18.2 Å². The Morgan fingerprint density at radius 1 is 1.25 bits per heavy atom. The normalized spacial score (nSPS) is 18.9. The molecule has 1 aromatic rings. The summed E-state index contributed by atoms with van der Waals surface area (Å²) in [6, 6.07) is 5.27. The molecular formula is C11H14N2O3. The van der Waals surface area contributed by atoms with Crippen molar-refractivity contribution in [3.63, 3.8) is 0 Å². The van der Waals surface area contributed by atoms with Gasteiger partial charge in [-0.25, -0.2) is 4.79 Å². The largest absolute Gasteiger partial charge is 0.496 e.